The van der Waals surface area contributed by atoms with Gasteiger partial charge in [-0.3, -0.25) is 4.98 Å². The van der Waals surface area contributed by atoms with E-state index < -0.39 is 0 Å². The monoisotopic (exact) mass is 316 g/mol. The molecule has 0 saturated heterocycles. The second-order valence-electron chi connectivity index (χ2n) is 5.82. The molecule has 0 aliphatic heterocycles. The summed E-state index contributed by atoms with van der Waals surface area (Å²) in [4.78, 5) is 15.1. The van der Waals surface area contributed by atoms with Crippen molar-refractivity contribution < 1.29 is 0 Å². The highest BCUT2D eigenvalue weighted by atomic mass is 15.1. The van der Waals surface area contributed by atoms with Gasteiger partial charge in [0.15, 0.2) is 0 Å². The van der Waals surface area contributed by atoms with E-state index in [9.17, 15) is 0 Å². The molecule has 3 aromatic rings. The second-order valence-corrected chi connectivity index (χ2v) is 5.82. The summed E-state index contributed by atoms with van der Waals surface area (Å²) in [5.74, 6) is 0. The average molecular weight is 316 g/mol. The van der Waals surface area contributed by atoms with Crippen LogP contribution in [0.2, 0.25) is 0 Å². The summed E-state index contributed by atoms with van der Waals surface area (Å²) in [6.07, 6.45) is 5.32. The molecule has 0 bridgehead atoms. The van der Waals surface area contributed by atoms with Crippen molar-refractivity contribution in [1.82, 2.24) is 9.88 Å². The van der Waals surface area contributed by atoms with Gasteiger partial charge in [-0.25, -0.2) is 9.98 Å². The molecule has 120 valence electrons. The molecule has 0 aliphatic carbocycles. The molecule has 3 rings (SSSR count). The summed E-state index contributed by atoms with van der Waals surface area (Å²) < 4.78 is 0. The molecule has 0 radical (unpaired) electrons. The molecule has 0 aliphatic rings. The molecule has 0 fully saturated rings. The lowest BCUT2D eigenvalue weighted by Crippen LogP contribution is -2.12. The normalized spacial score (nSPS) is 11.6. The van der Waals surface area contributed by atoms with E-state index in [2.05, 4.69) is 40.9 Å². The van der Waals surface area contributed by atoms with Crippen molar-refractivity contribution in [2.45, 2.75) is 13.8 Å². The van der Waals surface area contributed by atoms with Gasteiger partial charge >= 0.3 is 0 Å². The third kappa shape index (κ3) is 3.84. The van der Waals surface area contributed by atoms with Gasteiger partial charge < -0.3 is 4.90 Å². The van der Waals surface area contributed by atoms with E-state index in [0.29, 0.717) is 0 Å². The van der Waals surface area contributed by atoms with Crippen LogP contribution in [0.15, 0.2) is 64.7 Å². The Morgan fingerprint density at radius 1 is 0.958 bits per heavy atom. The first-order chi connectivity index (χ1) is 11.6. The average Bonchev–Trinajstić information content (AvgIpc) is 2.59. The highest BCUT2D eigenvalue weighted by molar-refractivity contribution is 5.83. The lowest BCUT2D eigenvalue weighted by atomic mass is 10.1. The third-order valence-electron chi connectivity index (χ3n) is 3.71. The van der Waals surface area contributed by atoms with Crippen LogP contribution in [0.1, 0.15) is 11.1 Å². The second kappa shape index (κ2) is 7.04. The largest absolute Gasteiger partial charge is 0.326 e. The van der Waals surface area contributed by atoms with Crippen LogP contribution >= 0.6 is 0 Å². The summed E-state index contributed by atoms with van der Waals surface area (Å²) in [5.41, 5.74) is 5.24. The van der Waals surface area contributed by atoms with Crippen LogP contribution in [0.5, 0.6) is 0 Å². The minimum Gasteiger partial charge on any atom is -0.326 e. The van der Waals surface area contributed by atoms with Crippen molar-refractivity contribution in [1.29, 1.82) is 0 Å². The first-order valence-corrected chi connectivity index (χ1v) is 7.84. The number of hydrogen-bond donors (Lipinski definition) is 0. The van der Waals surface area contributed by atoms with E-state index in [1.54, 1.807) is 18.9 Å². The first kappa shape index (κ1) is 15.9. The predicted molar refractivity (Wildman–Crippen MR) is 102 cm³/mol. The summed E-state index contributed by atoms with van der Waals surface area (Å²) >= 11 is 0. The molecule has 1 heterocycles. The standard InChI is InChI=1S/C20H20N4/c1-15-6-8-19(16(2)11-15)23-14-24(3)13-22-18-7-9-20-17(12-18)5-4-10-21-20/h4-14H,1-3H3/b22-13+,23-14+. The fourth-order valence-corrected chi connectivity index (χ4v) is 2.43. The minimum atomic E-state index is 0.891. The predicted octanol–water partition coefficient (Wildman–Crippen LogP) is 4.80. The van der Waals surface area contributed by atoms with Crippen molar-refractivity contribution >= 4 is 35.0 Å². The Labute approximate surface area is 142 Å². The lowest BCUT2D eigenvalue weighted by molar-refractivity contribution is 0.802. The Morgan fingerprint density at radius 3 is 2.62 bits per heavy atom. The van der Waals surface area contributed by atoms with Gasteiger partial charge in [0, 0.05) is 18.6 Å². The van der Waals surface area contributed by atoms with E-state index in [4.69, 9.17) is 0 Å². The minimum absolute atomic E-state index is 0.891. The quantitative estimate of drug-likeness (QED) is 0.512. The van der Waals surface area contributed by atoms with Crippen LogP contribution in [0, 0.1) is 13.8 Å². The van der Waals surface area contributed by atoms with Gasteiger partial charge in [-0.05, 0) is 49.7 Å². The fraction of sp³-hybridized carbons (Fsp3) is 0.150. The Kier molecular flexibility index (Phi) is 4.66. The number of hydrogen-bond acceptors (Lipinski definition) is 3. The molecule has 0 spiro atoms. The third-order valence-corrected chi connectivity index (χ3v) is 3.71. The highest BCUT2D eigenvalue weighted by Crippen LogP contribution is 2.20. The van der Waals surface area contributed by atoms with E-state index in [-0.39, 0.29) is 0 Å². The maximum absolute atomic E-state index is 4.51. The van der Waals surface area contributed by atoms with Gasteiger partial charge in [-0.15, -0.1) is 0 Å². The Balaban J connectivity index is 1.71. The maximum Gasteiger partial charge on any atom is 0.0961 e. The van der Waals surface area contributed by atoms with E-state index in [1.165, 1.54) is 11.1 Å². The fourth-order valence-electron chi connectivity index (χ4n) is 2.43. The van der Waals surface area contributed by atoms with E-state index in [1.807, 2.05) is 48.3 Å². The zero-order chi connectivity index (χ0) is 16.9. The van der Waals surface area contributed by atoms with Crippen molar-refractivity contribution in [3.8, 4) is 0 Å². The Hall–Kier alpha value is -3.01. The zero-order valence-electron chi connectivity index (χ0n) is 14.1. The summed E-state index contributed by atoms with van der Waals surface area (Å²) in [5, 5.41) is 1.08. The van der Waals surface area contributed by atoms with Crippen LogP contribution in [-0.4, -0.2) is 29.6 Å². The molecular weight excluding hydrogens is 296 g/mol. The highest BCUT2D eigenvalue weighted by Gasteiger charge is 1.97. The molecule has 0 N–H and O–H groups in total. The number of aliphatic imine (C=N–C) groups is 2. The molecule has 1 aromatic heterocycles. The molecule has 0 amide bonds. The van der Waals surface area contributed by atoms with E-state index >= 15 is 0 Å². The first-order valence-electron chi connectivity index (χ1n) is 7.84. The topological polar surface area (TPSA) is 40.9 Å². The van der Waals surface area contributed by atoms with Crippen molar-refractivity contribution in [3.63, 3.8) is 0 Å². The smallest absolute Gasteiger partial charge is 0.0961 e. The van der Waals surface area contributed by atoms with Crippen molar-refractivity contribution in [2.24, 2.45) is 9.98 Å². The maximum atomic E-state index is 4.51. The SMILES string of the molecule is Cc1ccc(/N=C/N(C)/C=N/c2ccc3ncccc3c2)c(C)c1. The van der Waals surface area contributed by atoms with Gasteiger partial charge in [0.25, 0.3) is 0 Å². The molecule has 0 unspecified atom stereocenters. The van der Waals surface area contributed by atoms with Crippen LogP contribution < -0.4 is 0 Å². The van der Waals surface area contributed by atoms with E-state index in [0.717, 1.165) is 22.3 Å². The summed E-state index contributed by atoms with van der Waals surface area (Å²) in [7, 11) is 1.92. The lowest BCUT2D eigenvalue weighted by Gasteiger charge is -2.06. The summed E-state index contributed by atoms with van der Waals surface area (Å²) in [6.45, 7) is 4.15. The number of benzene rings is 2. The molecule has 0 saturated carbocycles. The number of nitrogens with zero attached hydrogens (tertiary/aromatic N) is 4. The zero-order valence-corrected chi connectivity index (χ0v) is 14.1. The number of fused-ring (bicyclic) bond motifs is 1. The van der Waals surface area contributed by atoms with Gasteiger partial charge in [-0.1, -0.05) is 23.8 Å². The summed E-state index contributed by atoms with van der Waals surface area (Å²) in [6, 6.07) is 16.1. The molecule has 24 heavy (non-hydrogen) atoms. The number of rotatable bonds is 4. The molecule has 4 heteroatoms. The van der Waals surface area contributed by atoms with Crippen LogP contribution in [0.25, 0.3) is 10.9 Å². The van der Waals surface area contributed by atoms with Gasteiger partial charge in [0.2, 0.25) is 0 Å². The van der Waals surface area contributed by atoms with Crippen molar-refractivity contribution in [2.75, 3.05) is 7.05 Å². The van der Waals surface area contributed by atoms with Crippen LogP contribution in [-0.2, 0) is 0 Å². The number of aryl methyl sites for hydroxylation is 2. The molecule has 0 atom stereocenters. The molecule has 2 aromatic carbocycles. The van der Waals surface area contributed by atoms with Crippen LogP contribution in [0.3, 0.4) is 0 Å². The van der Waals surface area contributed by atoms with Gasteiger partial charge in [0.1, 0.15) is 0 Å². The Bertz CT molecular complexity index is 912. The van der Waals surface area contributed by atoms with Crippen LogP contribution in [0.4, 0.5) is 11.4 Å². The molecular formula is C20H20N4. The number of pyridine rings is 1. The molecule has 4 nitrogen and oxygen atoms in total. The Morgan fingerprint density at radius 2 is 1.79 bits per heavy atom. The van der Waals surface area contributed by atoms with Gasteiger partial charge in [-0.2, -0.15) is 0 Å². The van der Waals surface area contributed by atoms with Crippen molar-refractivity contribution in [3.05, 3.63) is 65.9 Å². The van der Waals surface area contributed by atoms with Gasteiger partial charge in [0.05, 0.1) is 29.6 Å². The number of aromatic nitrogens is 1.